The average molecular weight is 615 g/mol. The van der Waals surface area contributed by atoms with Crippen molar-refractivity contribution in [2.75, 3.05) is 13.1 Å². The molecule has 1 aliphatic heterocycles. The molecule has 8 heteroatoms. The van der Waals surface area contributed by atoms with E-state index in [4.69, 9.17) is 23.2 Å². The maximum Gasteiger partial charge on any atom is 0.253 e. The predicted octanol–water partition coefficient (Wildman–Crippen LogP) is 8.90. The maximum absolute atomic E-state index is 13.4. The second kappa shape index (κ2) is 13.1. The van der Waals surface area contributed by atoms with Gasteiger partial charge in [-0.25, -0.2) is 0 Å². The number of amides is 1. The van der Waals surface area contributed by atoms with Gasteiger partial charge in [0.15, 0.2) is 0 Å². The third-order valence-electron chi connectivity index (χ3n) is 7.16. The largest absolute Gasteiger partial charge is 0.337 e. The van der Waals surface area contributed by atoms with Gasteiger partial charge < -0.3 is 10.2 Å². The van der Waals surface area contributed by atoms with Crippen LogP contribution < -0.4 is 5.32 Å². The van der Waals surface area contributed by atoms with Crippen LogP contribution in [0.15, 0.2) is 72.2 Å². The van der Waals surface area contributed by atoms with Crippen molar-refractivity contribution in [3.8, 4) is 21.6 Å². The third kappa shape index (κ3) is 7.26. The molecule has 2 aromatic heterocycles. The summed E-state index contributed by atoms with van der Waals surface area (Å²) in [6.07, 6.45) is 3.90. The number of benzene rings is 2. The zero-order valence-corrected chi connectivity index (χ0v) is 26.1. The fourth-order valence-electron chi connectivity index (χ4n) is 4.88. The van der Waals surface area contributed by atoms with Crippen molar-refractivity contribution in [2.24, 2.45) is 0 Å². The number of halogens is 3. The minimum Gasteiger partial charge on any atom is -0.337 e. The fraction of sp³-hybridized carbons (Fsp3) is 0.312. The molecule has 40 heavy (non-hydrogen) atoms. The van der Waals surface area contributed by atoms with Crippen LogP contribution >= 0.6 is 46.9 Å². The Labute approximate surface area is 257 Å². The number of aromatic nitrogens is 1. The van der Waals surface area contributed by atoms with Crippen LogP contribution in [0.25, 0.3) is 21.6 Å². The highest BCUT2D eigenvalue weighted by atomic mass is 35.5. The highest BCUT2D eigenvalue weighted by Crippen LogP contribution is 2.37. The number of nitrogens with zero attached hydrogens (tertiary/aromatic N) is 2. The molecule has 0 bridgehead atoms. The highest BCUT2D eigenvalue weighted by molar-refractivity contribution is 7.14. The number of hydrogen-bond donors (Lipinski definition) is 1. The Kier molecular flexibility index (Phi) is 9.97. The van der Waals surface area contributed by atoms with Gasteiger partial charge in [-0.1, -0.05) is 62.2 Å². The minimum atomic E-state index is -0.0110. The summed E-state index contributed by atoms with van der Waals surface area (Å²) in [6.45, 7) is 8.70. The van der Waals surface area contributed by atoms with Gasteiger partial charge in [-0.15, -0.1) is 23.7 Å². The SMILES string of the molecule is CC(C)(C)c1cc(-c2cc(-c3ccc(C(=O)N4CCCC(NCc5ccc(Cl)cc5)C4)cc3Cl)cs2)ccn1.Cl. The summed E-state index contributed by atoms with van der Waals surface area (Å²) in [5.74, 6) is 0.0268. The van der Waals surface area contributed by atoms with Gasteiger partial charge in [0.05, 0.1) is 0 Å². The van der Waals surface area contributed by atoms with Crippen molar-refractivity contribution in [2.45, 2.75) is 51.6 Å². The zero-order valence-electron chi connectivity index (χ0n) is 22.9. The molecule has 4 aromatic rings. The Bertz CT molecular complexity index is 1460. The van der Waals surface area contributed by atoms with Crippen LogP contribution in [-0.2, 0) is 12.0 Å². The highest BCUT2D eigenvalue weighted by Gasteiger charge is 2.25. The molecule has 0 spiro atoms. The summed E-state index contributed by atoms with van der Waals surface area (Å²) in [4.78, 5) is 21.0. The van der Waals surface area contributed by atoms with E-state index in [1.807, 2.05) is 59.6 Å². The molecule has 0 aliphatic carbocycles. The molecule has 3 heterocycles. The molecule has 1 saturated heterocycles. The van der Waals surface area contributed by atoms with E-state index >= 15 is 0 Å². The first-order valence-electron chi connectivity index (χ1n) is 13.3. The summed E-state index contributed by atoms with van der Waals surface area (Å²) in [5, 5.41) is 7.04. The number of thiophene rings is 1. The Morgan fingerprint density at radius 3 is 2.55 bits per heavy atom. The van der Waals surface area contributed by atoms with Crippen molar-refractivity contribution in [1.29, 1.82) is 0 Å². The lowest BCUT2D eigenvalue weighted by atomic mass is 9.90. The van der Waals surface area contributed by atoms with Crippen molar-refractivity contribution in [1.82, 2.24) is 15.2 Å². The van der Waals surface area contributed by atoms with E-state index < -0.39 is 0 Å². The first kappa shape index (κ1) is 30.5. The van der Waals surface area contributed by atoms with Gasteiger partial charge in [0.2, 0.25) is 0 Å². The minimum absolute atomic E-state index is 0. The number of nitrogens with one attached hydrogen (secondary N) is 1. The van der Waals surface area contributed by atoms with Crippen LogP contribution in [0.5, 0.6) is 0 Å². The van der Waals surface area contributed by atoms with E-state index in [0.29, 0.717) is 17.1 Å². The van der Waals surface area contributed by atoms with Crippen LogP contribution in [0.3, 0.4) is 0 Å². The molecule has 0 radical (unpaired) electrons. The van der Waals surface area contributed by atoms with E-state index in [-0.39, 0.29) is 29.8 Å². The quantitative estimate of drug-likeness (QED) is 0.236. The number of pyridine rings is 1. The van der Waals surface area contributed by atoms with Crippen LogP contribution in [0.4, 0.5) is 0 Å². The molecule has 1 aliphatic rings. The summed E-state index contributed by atoms with van der Waals surface area (Å²) in [7, 11) is 0. The number of hydrogen-bond acceptors (Lipinski definition) is 4. The van der Waals surface area contributed by atoms with Crippen molar-refractivity contribution in [3.05, 3.63) is 99.1 Å². The molecule has 0 saturated carbocycles. The number of piperidine rings is 1. The van der Waals surface area contributed by atoms with Crippen LogP contribution in [0.2, 0.25) is 10.0 Å². The van der Waals surface area contributed by atoms with Gasteiger partial charge in [0.1, 0.15) is 0 Å². The Hall–Kier alpha value is -2.41. The lowest BCUT2D eigenvalue weighted by Gasteiger charge is -2.33. The van der Waals surface area contributed by atoms with Crippen LogP contribution in [0, 0.1) is 0 Å². The molecule has 5 rings (SSSR count). The van der Waals surface area contributed by atoms with Crippen LogP contribution in [-0.4, -0.2) is 34.9 Å². The normalized spacial score (nSPS) is 15.5. The van der Waals surface area contributed by atoms with Gasteiger partial charge in [-0.2, -0.15) is 0 Å². The molecule has 1 amide bonds. The van der Waals surface area contributed by atoms with E-state index in [2.05, 4.69) is 48.6 Å². The molecule has 1 fully saturated rings. The second-order valence-electron chi connectivity index (χ2n) is 11.2. The number of rotatable bonds is 6. The molecule has 2 aromatic carbocycles. The van der Waals surface area contributed by atoms with Crippen molar-refractivity contribution in [3.63, 3.8) is 0 Å². The molecular formula is C32H34Cl3N3OS. The number of carbonyl (C=O) groups is 1. The van der Waals surface area contributed by atoms with E-state index in [1.165, 1.54) is 10.4 Å². The first-order valence-corrected chi connectivity index (χ1v) is 14.9. The van der Waals surface area contributed by atoms with E-state index in [0.717, 1.165) is 53.3 Å². The predicted molar refractivity (Wildman–Crippen MR) is 171 cm³/mol. The number of likely N-dealkylation sites (tertiary alicyclic amines) is 1. The van der Waals surface area contributed by atoms with E-state index in [9.17, 15) is 4.79 Å². The van der Waals surface area contributed by atoms with Gasteiger partial charge >= 0.3 is 0 Å². The summed E-state index contributed by atoms with van der Waals surface area (Å²) >= 11 is 14.4. The van der Waals surface area contributed by atoms with Crippen LogP contribution in [0.1, 0.15) is 55.2 Å². The van der Waals surface area contributed by atoms with Gasteiger partial charge in [0.25, 0.3) is 5.91 Å². The van der Waals surface area contributed by atoms with Gasteiger partial charge in [-0.05, 0) is 77.4 Å². The molecule has 1 N–H and O–H groups in total. The lowest BCUT2D eigenvalue weighted by molar-refractivity contribution is 0.0694. The Balaban J connectivity index is 0.00000370. The Morgan fingerprint density at radius 1 is 1.05 bits per heavy atom. The topological polar surface area (TPSA) is 45.2 Å². The molecule has 210 valence electrons. The lowest BCUT2D eigenvalue weighted by Crippen LogP contribution is -2.47. The molecule has 1 atom stereocenters. The molecule has 1 unspecified atom stereocenters. The van der Waals surface area contributed by atoms with Crippen molar-refractivity contribution < 1.29 is 4.79 Å². The molecule has 4 nitrogen and oxygen atoms in total. The van der Waals surface area contributed by atoms with E-state index in [1.54, 1.807) is 11.3 Å². The monoisotopic (exact) mass is 613 g/mol. The fourth-order valence-corrected chi connectivity index (χ4v) is 6.20. The number of carbonyl (C=O) groups excluding carboxylic acids is 1. The standard InChI is InChI=1S/C32H33Cl2N3OS.ClH/c1-32(2,3)30-17-22(12-13-35-30)29-16-24(20-39-29)27-11-8-23(15-28(27)34)31(38)37-14-4-5-26(19-37)36-18-21-6-9-25(33)10-7-21;/h6-13,15-17,20,26,36H,4-5,14,18-19H2,1-3H3;1H. The molecular weight excluding hydrogens is 581 g/mol. The zero-order chi connectivity index (χ0) is 27.6. The summed E-state index contributed by atoms with van der Waals surface area (Å²) < 4.78 is 0. The third-order valence-corrected chi connectivity index (χ3v) is 8.70. The summed E-state index contributed by atoms with van der Waals surface area (Å²) in [6, 6.07) is 20.2. The maximum atomic E-state index is 13.4. The summed E-state index contributed by atoms with van der Waals surface area (Å²) in [5.41, 5.74) is 6.00. The smallest absolute Gasteiger partial charge is 0.253 e. The Morgan fingerprint density at radius 2 is 1.82 bits per heavy atom. The van der Waals surface area contributed by atoms with Gasteiger partial charge in [0, 0.05) is 69.0 Å². The average Bonchev–Trinajstić information content (AvgIpc) is 3.42. The second-order valence-corrected chi connectivity index (χ2v) is 12.9. The van der Waals surface area contributed by atoms with Gasteiger partial charge in [-0.3, -0.25) is 9.78 Å². The first-order chi connectivity index (χ1) is 18.7. The van der Waals surface area contributed by atoms with Crippen molar-refractivity contribution >= 4 is 52.9 Å².